The molecule has 0 saturated carbocycles. The van der Waals surface area contributed by atoms with Crippen LogP contribution < -0.4 is 10.6 Å². The van der Waals surface area contributed by atoms with Crippen LogP contribution in [0.2, 0.25) is 0 Å². The molecule has 40 heavy (non-hydrogen) atoms. The lowest BCUT2D eigenvalue weighted by atomic mass is 9.93. The minimum Gasteiger partial charge on any atom is -0.340 e. The molecule has 1 atom stereocenters. The third-order valence-corrected chi connectivity index (χ3v) is 7.03. The number of hydrogen-bond donors (Lipinski definition) is 2. The molecule has 0 radical (unpaired) electrons. The van der Waals surface area contributed by atoms with Crippen molar-refractivity contribution >= 4 is 41.6 Å². The van der Waals surface area contributed by atoms with Gasteiger partial charge >= 0.3 is 0 Å². The van der Waals surface area contributed by atoms with Crippen LogP contribution >= 0.6 is 11.8 Å². The van der Waals surface area contributed by atoms with E-state index in [4.69, 9.17) is 0 Å². The number of benzene rings is 3. The van der Waals surface area contributed by atoms with Crippen LogP contribution in [-0.2, 0) is 4.79 Å². The summed E-state index contributed by atoms with van der Waals surface area (Å²) in [4.78, 5) is 43.5. The number of thioether (sulfide) groups is 1. The van der Waals surface area contributed by atoms with Crippen LogP contribution in [0.1, 0.15) is 43.8 Å². The molecule has 0 unspecified atom stereocenters. The molecule has 2 N–H and O–H groups in total. The van der Waals surface area contributed by atoms with Gasteiger partial charge in [-0.3, -0.25) is 24.7 Å². The van der Waals surface area contributed by atoms with Gasteiger partial charge in [0.15, 0.2) is 0 Å². The van der Waals surface area contributed by atoms with E-state index >= 15 is 0 Å². The number of imide groups is 1. The quantitative estimate of drug-likeness (QED) is 0.252. The maximum atomic E-state index is 13.7. The number of nitrogens with one attached hydrogen (secondary N) is 2. The normalized spacial score (nSPS) is 11.7. The van der Waals surface area contributed by atoms with Gasteiger partial charge in [-0.1, -0.05) is 66.7 Å². The van der Waals surface area contributed by atoms with Crippen molar-refractivity contribution in [2.24, 2.45) is 0 Å². The van der Waals surface area contributed by atoms with E-state index in [1.165, 1.54) is 0 Å². The third kappa shape index (κ3) is 7.55. The number of aromatic nitrogens is 1. The first-order valence-electron chi connectivity index (χ1n) is 12.9. The Morgan fingerprint density at radius 3 is 2.33 bits per heavy atom. The molecule has 0 aliphatic rings. The molecule has 3 amide bonds. The van der Waals surface area contributed by atoms with Gasteiger partial charge in [0.1, 0.15) is 6.04 Å². The second-order valence-corrected chi connectivity index (χ2v) is 10.2. The van der Waals surface area contributed by atoms with Gasteiger partial charge in [0.25, 0.3) is 11.8 Å². The van der Waals surface area contributed by atoms with E-state index in [0.29, 0.717) is 23.3 Å². The molecule has 3 aromatic carbocycles. The first-order valence-corrected chi connectivity index (χ1v) is 14.3. The predicted octanol–water partition coefficient (Wildman–Crippen LogP) is 6.04. The largest absolute Gasteiger partial charge is 0.340 e. The average Bonchev–Trinajstić information content (AvgIpc) is 2.99. The zero-order chi connectivity index (χ0) is 28.3. The Morgan fingerprint density at radius 2 is 1.60 bits per heavy atom. The summed E-state index contributed by atoms with van der Waals surface area (Å²) in [6.45, 7) is 2.00. The van der Waals surface area contributed by atoms with E-state index in [2.05, 4.69) is 15.6 Å². The lowest BCUT2D eigenvalue weighted by molar-refractivity contribution is -0.122. The van der Waals surface area contributed by atoms with Crippen molar-refractivity contribution < 1.29 is 14.4 Å². The standard InChI is InChI=1S/C33H31N3O3S/c1-23-9-6-7-13-27(23)29-21-24(14-15-25-10-8-19-34-22-25)16-17-28(29)32(38)35-30(18-20-40-2)33(39)36-31(37)26-11-4-3-5-12-26/h3-17,19,21-22,30H,18,20H2,1-2H3,(H,35,38)(H,36,37,39)/b15-14+/t30-/m0/s1. The van der Waals surface area contributed by atoms with E-state index in [1.807, 2.05) is 73.9 Å². The second kappa shape index (κ2) is 14.1. The smallest absolute Gasteiger partial charge is 0.257 e. The van der Waals surface area contributed by atoms with Crippen molar-refractivity contribution in [2.75, 3.05) is 12.0 Å². The van der Waals surface area contributed by atoms with Gasteiger partial charge in [-0.05, 0) is 83.5 Å². The Balaban J connectivity index is 1.62. The SMILES string of the molecule is CSCC[C@H](NC(=O)c1ccc(/C=C/c2cccnc2)cc1-c1ccccc1C)C(=O)NC(=O)c1ccccc1. The van der Waals surface area contributed by atoms with Crippen LogP contribution in [-0.4, -0.2) is 40.8 Å². The Bertz CT molecular complexity index is 1500. The number of amides is 3. The van der Waals surface area contributed by atoms with Crippen molar-refractivity contribution in [2.45, 2.75) is 19.4 Å². The van der Waals surface area contributed by atoms with Crippen LogP contribution in [0, 0.1) is 6.92 Å². The molecule has 6 nitrogen and oxygen atoms in total. The molecule has 4 rings (SSSR count). The predicted molar refractivity (Wildman–Crippen MR) is 163 cm³/mol. The van der Waals surface area contributed by atoms with Gasteiger partial charge < -0.3 is 5.32 Å². The van der Waals surface area contributed by atoms with Crippen LogP contribution in [0.25, 0.3) is 23.3 Å². The summed E-state index contributed by atoms with van der Waals surface area (Å²) < 4.78 is 0. The zero-order valence-electron chi connectivity index (χ0n) is 22.5. The molecule has 1 heterocycles. The van der Waals surface area contributed by atoms with Gasteiger partial charge in [-0.15, -0.1) is 0 Å². The summed E-state index contributed by atoms with van der Waals surface area (Å²) in [5, 5.41) is 5.33. The Morgan fingerprint density at radius 1 is 0.850 bits per heavy atom. The third-order valence-electron chi connectivity index (χ3n) is 6.38. The average molecular weight is 550 g/mol. The van der Waals surface area contributed by atoms with Crippen LogP contribution in [0.3, 0.4) is 0 Å². The highest BCUT2D eigenvalue weighted by molar-refractivity contribution is 7.98. The van der Waals surface area contributed by atoms with Crippen LogP contribution in [0.4, 0.5) is 0 Å². The molecule has 0 aliphatic heterocycles. The van der Waals surface area contributed by atoms with Gasteiger partial charge in [0.05, 0.1) is 0 Å². The minimum absolute atomic E-state index is 0.377. The summed E-state index contributed by atoms with van der Waals surface area (Å²) in [6.07, 6.45) is 9.77. The number of carbonyl (C=O) groups excluding carboxylic acids is 3. The Kier molecular flexibility index (Phi) is 10.0. The summed E-state index contributed by atoms with van der Waals surface area (Å²) in [5.41, 5.74) is 5.42. The molecule has 0 spiro atoms. The molecule has 202 valence electrons. The van der Waals surface area contributed by atoms with Crippen molar-refractivity contribution in [3.63, 3.8) is 0 Å². The van der Waals surface area contributed by atoms with Crippen LogP contribution in [0.5, 0.6) is 0 Å². The van der Waals surface area contributed by atoms with Crippen LogP contribution in [0.15, 0.2) is 97.3 Å². The summed E-state index contributed by atoms with van der Waals surface area (Å²) in [5.74, 6) is -0.779. The highest BCUT2D eigenvalue weighted by Crippen LogP contribution is 2.29. The zero-order valence-corrected chi connectivity index (χ0v) is 23.3. The molecule has 4 aromatic rings. The maximum absolute atomic E-state index is 13.7. The molecular weight excluding hydrogens is 518 g/mol. The molecule has 0 aliphatic carbocycles. The fourth-order valence-corrected chi connectivity index (χ4v) is 4.70. The highest BCUT2D eigenvalue weighted by atomic mass is 32.2. The number of nitrogens with zero attached hydrogens (tertiary/aromatic N) is 1. The van der Waals surface area contributed by atoms with E-state index in [9.17, 15) is 14.4 Å². The number of rotatable bonds is 10. The van der Waals surface area contributed by atoms with Gasteiger partial charge in [0, 0.05) is 23.5 Å². The first-order chi connectivity index (χ1) is 19.5. The lowest BCUT2D eigenvalue weighted by Gasteiger charge is -2.19. The fraction of sp³-hybridized carbons (Fsp3) is 0.152. The van der Waals surface area contributed by atoms with Crippen molar-refractivity contribution in [3.8, 4) is 11.1 Å². The first kappa shape index (κ1) is 28.5. The number of carbonyl (C=O) groups is 3. The molecule has 7 heteroatoms. The molecule has 1 aromatic heterocycles. The lowest BCUT2D eigenvalue weighted by Crippen LogP contribution is -2.48. The van der Waals surface area contributed by atoms with Gasteiger partial charge in [0.2, 0.25) is 5.91 Å². The van der Waals surface area contributed by atoms with Gasteiger partial charge in [-0.2, -0.15) is 11.8 Å². The summed E-state index contributed by atoms with van der Waals surface area (Å²) in [6, 6.07) is 25.0. The highest BCUT2D eigenvalue weighted by Gasteiger charge is 2.25. The number of hydrogen-bond acceptors (Lipinski definition) is 5. The Hall–Kier alpha value is -4.49. The summed E-state index contributed by atoms with van der Waals surface area (Å²) >= 11 is 1.56. The number of pyridine rings is 1. The topological polar surface area (TPSA) is 88.2 Å². The maximum Gasteiger partial charge on any atom is 0.257 e. The number of aryl methyl sites for hydroxylation is 1. The van der Waals surface area contributed by atoms with Gasteiger partial charge in [-0.25, -0.2) is 0 Å². The Labute approximate surface area is 238 Å². The van der Waals surface area contributed by atoms with E-state index < -0.39 is 17.9 Å². The second-order valence-electron chi connectivity index (χ2n) is 9.23. The fourth-order valence-electron chi connectivity index (χ4n) is 4.23. The minimum atomic E-state index is -0.873. The molecule has 0 saturated heterocycles. The van der Waals surface area contributed by atoms with Crippen molar-refractivity contribution in [1.82, 2.24) is 15.6 Å². The monoisotopic (exact) mass is 549 g/mol. The van der Waals surface area contributed by atoms with E-state index in [-0.39, 0.29) is 5.91 Å². The molecule has 0 fully saturated rings. The molecule has 0 bridgehead atoms. The summed E-state index contributed by atoms with van der Waals surface area (Å²) in [7, 11) is 0. The molecular formula is C33H31N3O3S. The van der Waals surface area contributed by atoms with Crippen molar-refractivity contribution in [1.29, 1.82) is 0 Å². The van der Waals surface area contributed by atoms with Crippen molar-refractivity contribution in [3.05, 3.63) is 125 Å². The van der Waals surface area contributed by atoms with E-state index in [1.54, 1.807) is 60.6 Å². The van der Waals surface area contributed by atoms with E-state index in [0.717, 1.165) is 27.8 Å².